The number of Topliss-reactive ketones (excluding diaryl/α,β-unsaturated/α-hetero) is 1. The Morgan fingerprint density at radius 1 is 0.952 bits per heavy atom. The van der Waals surface area contributed by atoms with Crippen molar-refractivity contribution in [3.8, 4) is 17.6 Å². The van der Waals surface area contributed by atoms with Crippen molar-refractivity contribution in [2.75, 3.05) is 76.9 Å². The van der Waals surface area contributed by atoms with Crippen molar-refractivity contribution < 1.29 is 80.0 Å². The predicted molar refractivity (Wildman–Crippen MR) is 304 cm³/mol. The fraction of sp³-hybridized carbons (Fsp3) is 0.472. The standard InChI is InChI=1S/C53H66Br2FN11O15S/c1-4-81-38-9-5-8-36(56)35(38)15-12-33-28-67(52-46(71)45(70)39(82-52)26-62-83(59,76)77)49-41(33)47(57)61-29-65(49)27-31-10-13-34(14-11-31)63-48(72)32(7-6-17-60-53(58)75)25-37(68)44(30(2)3)64-40(69)16-19-78-21-23-80-24-22-79-20-18-66-50(73)42(54)43(55)51(66)74/h5,8-11,13-14,28-30,32,39,44-46,52,57,62,70-71H,4,6-7,16-27H2,1-3H3,(H7,58,59,60,63,64,69,72,75,76,77)/p+1/t32-,39-,44+,45-,46-,52-/m1/s1. The molecule has 6 amide bonds. The predicted octanol–water partition coefficient (Wildman–Crippen LogP) is 1.22. The van der Waals surface area contributed by atoms with Crippen LogP contribution in [0, 0.1) is 29.5 Å². The number of hydrogen-bond acceptors (Lipinski definition) is 17. The van der Waals surface area contributed by atoms with E-state index in [-0.39, 0.29) is 140 Å². The molecule has 2 aliphatic rings. The van der Waals surface area contributed by atoms with Crippen LogP contribution in [-0.4, -0.2) is 159 Å². The topological polar surface area (TPSA) is 374 Å². The molecule has 12 N–H and O–H groups in total. The van der Waals surface area contributed by atoms with Crippen molar-refractivity contribution in [1.82, 2.24) is 29.8 Å². The van der Waals surface area contributed by atoms with Gasteiger partial charge in [0.1, 0.15) is 49.8 Å². The number of urea groups is 1. The third-order valence-corrected chi connectivity index (χ3v) is 15.6. The summed E-state index contributed by atoms with van der Waals surface area (Å²) >= 11 is 6.15. The molecule has 0 saturated carbocycles. The Labute approximate surface area is 494 Å². The molecule has 2 aromatic heterocycles. The largest absolute Gasteiger partial charge is 0.492 e. The number of rotatable bonds is 31. The number of ketones is 1. The van der Waals surface area contributed by atoms with Gasteiger partial charge in [0.2, 0.25) is 35.8 Å². The zero-order valence-corrected chi connectivity index (χ0v) is 49.6. The van der Waals surface area contributed by atoms with Gasteiger partial charge in [-0.25, -0.2) is 23.5 Å². The summed E-state index contributed by atoms with van der Waals surface area (Å²) in [6.07, 6.45) is -2.77. The molecule has 30 heteroatoms. The van der Waals surface area contributed by atoms with Crippen LogP contribution in [0.15, 0.2) is 64.0 Å². The van der Waals surface area contributed by atoms with Crippen molar-refractivity contribution in [2.45, 2.75) is 83.6 Å². The molecule has 0 radical (unpaired) electrons. The van der Waals surface area contributed by atoms with E-state index in [1.54, 1.807) is 55.7 Å². The fourth-order valence-electron chi connectivity index (χ4n) is 8.91. The maximum Gasteiger partial charge on any atom is 0.312 e. The number of ether oxygens (including phenoxy) is 5. The van der Waals surface area contributed by atoms with Gasteiger partial charge in [-0.2, -0.15) is 13.1 Å². The Balaban J connectivity index is 1.09. The first-order valence-electron chi connectivity index (χ1n) is 26.3. The minimum atomic E-state index is -4.21. The molecule has 2 aliphatic heterocycles. The molecule has 2 aromatic carbocycles. The lowest BCUT2D eigenvalue weighted by molar-refractivity contribution is -0.668. The number of benzene rings is 2. The number of nitrogens with two attached hydrogens (primary N) is 3. The molecule has 0 spiro atoms. The summed E-state index contributed by atoms with van der Waals surface area (Å²) in [4.78, 5) is 82.1. The Morgan fingerprint density at radius 2 is 1.61 bits per heavy atom. The monoisotopic (exact) mass is 1310 g/mol. The average molecular weight is 1310 g/mol. The summed E-state index contributed by atoms with van der Waals surface area (Å²) in [7, 11) is -4.21. The van der Waals surface area contributed by atoms with Gasteiger partial charge in [0, 0.05) is 37.5 Å². The molecule has 450 valence electrons. The number of nitrogens with one attached hydrogen (secondary N) is 4. The first-order chi connectivity index (χ1) is 39.5. The number of carbonyl (C=O) groups excluding carboxylic acids is 6. The molecule has 4 heterocycles. The maximum absolute atomic E-state index is 15.2. The van der Waals surface area contributed by atoms with Crippen molar-refractivity contribution in [3.05, 3.63) is 86.5 Å². The molecule has 6 rings (SSSR count). The molecule has 6 atom stereocenters. The number of carbonyl (C=O) groups is 6. The molecule has 26 nitrogen and oxygen atoms in total. The third-order valence-electron chi connectivity index (χ3n) is 13.1. The van der Waals surface area contributed by atoms with E-state index in [0.717, 1.165) is 4.90 Å². The van der Waals surface area contributed by atoms with E-state index in [9.17, 15) is 47.4 Å². The molecule has 4 aromatic rings. The molecule has 0 aliphatic carbocycles. The highest BCUT2D eigenvalue weighted by atomic mass is 79.9. The van der Waals surface area contributed by atoms with E-state index < -0.39 is 88.7 Å². The zero-order valence-electron chi connectivity index (χ0n) is 45.6. The second-order valence-corrected chi connectivity index (χ2v) is 22.4. The van der Waals surface area contributed by atoms with Crippen LogP contribution >= 0.6 is 31.9 Å². The lowest BCUT2D eigenvalue weighted by Gasteiger charge is -2.24. The van der Waals surface area contributed by atoms with Crippen molar-refractivity contribution in [3.63, 3.8) is 0 Å². The van der Waals surface area contributed by atoms with Gasteiger partial charge in [0.25, 0.3) is 22.0 Å². The highest BCUT2D eigenvalue weighted by Gasteiger charge is 2.47. The number of anilines is 2. The summed E-state index contributed by atoms with van der Waals surface area (Å²) < 4.78 is 72.3. The second-order valence-electron chi connectivity index (χ2n) is 19.4. The Bertz CT molecular complexity index is 3190. The number of fused-ring (bicyclic) bond motifs is 1. The lowest BCUT2D eigenvalue weighted by Crippen LogP contribution is -2.45. The molecule has 0 bridgehead atoms. The molecule has 1 saturated heterocycles. The van der Waals surface area contributed by atoms with E-state index in [0.29, 0.717) is 17.7 Å². The van der Waals surface area contributed by atoms with Gasteiger partial charge in [-0.3, -0.25) is 28.9 Å². The molecule has 83 heavy (non-hydrogen) atoms. The van der Waals surface area contributed by atoms with Crippen molar-refractivity contribution in [2.24, 2.45) is 22.7 Å². The fourth-order valence-corrected chi connectivity index (χ4v) is 10.1. The zero-order chi connectivity index (χ0) is 60.5. The quantitative estimate of drug-likeness (QED) is 0.0148. The van der Waals surface area contributed by atoms with E-state index >= 15 is 4.39 Å². The first-order valence-corrected chi connectivity index (χ1v) is 29.4. The van der Waals surface area contributed by atoms with Gasteiger partial charge in [-0.1, -0.05) is 48.9 Å². The Morgan fingerprint density at radius 3 is 2.25 bits per heavy atom. The van der Waals surface area contributed by atoms with Crippen LogP contribution in [0.5, 0.6) is 5.75 Å². The number of hydrogen-bond donors (Lipinski definition) is 9. The van der Waals surface area contributed by atoms with Crippen LogP contribution in [0.2, 0.25) is 0 Å². The Kier molecular flexibility index (Phi) is 24.4. The molecule has 0 unspecified atom stereocenters. The van der Waals surface area contributed by atoms with Gasteiger partial charge in [0.05, 0.1) is 77.1 Å². The smallest absolute Gasteiger partial charge is 0.312 e. The lowest BCUT2D eigenvalue weighted by atomic mass is 9.89. The van der Waals surface area contributed by atoms with Crippen LogP contribution in [-0.2, 0) is 59.7 Å². The van der Waals surface area contributed by atoms with Crippen LogP contribution in [0.25, 0.3) is 11.0 Å². The summed E-state index contributed by atoms with van der Waals surface area (Å²) in [5.74, 6) is 1.85. The van der Waals surface area contributed by atoms with Gasteiger partial charge < -0.3 is 61.3 Å². The SMILES string of the molecule is CCOc1cccc(F)c1C#Cc1cn([C@@H]2O[C@H](CNS(N)(=O)=O)[C@@H](O)[C@H]2O)c2c1c(N)nc[n+]2Cc1ccc(NC(=O)[C@H](CCCNC(N)=O)CC(=O)[C@@H](NC(=O)CCOCCOCCOCCN2C(=O)C(Br)=C(Br)C2=O)C(C)C)cc1. The molecular weight excluding hydrogens is 1240 g/mol. The number of aliphatic hydroxyl groups is 2. The Hall–Kier alpha value is -6.50. The molecule has 1 fully saturated rings. The van der Waals surface area contributed by atoms with Crippen LogP contribution < -0.4 is 46.6 Å². The minimum Gasteiger partial charge on any atom is -0.492 e. The first kappa shape index (κ1) is 65.7. The van der Waals surface area contributed by atoms with Gasteiger partial charge in [-0.05, 0) is 87.4 Å². The van der Waals surface area contributed by atoms with Crippen LogP contribution in [0.4, 0.5) is 20.7 Å². The van der Waals surface area contributed by atoms with E-state index in [1.807, 2.05) is 0 Å². The highest BCUT2D eigenvalue weighted by molar-refractivity contribution is 9.14. The summed E-state index contributed by atoms with van der Waals surface area (Å²) in [5.41, 5.74) is 13.3. The highest BCUT2D eigenvalue weighted by Crippen LogP contribution is 2.35. The second kappa shape index (κ2) is 30.9. The van der Waals surface area contributed by atoms with E-state index in [4.69, 9.17) is 40.3 Å². The molecular formula is C53H67Br2FN11O15S+. The van der Waals surface area contributed by atoms with E-state index in [1.165, 1.54) is 29.2 Å². The minimum absolute atomic E-state index is 0.00524. The number of halogens is 3. The van der Waals surface area contributed by atoms with Crippen molar-refractivity contribution in [1.29, 1.82) is 0 Å². The van der Waals surface area contributed by atoms with Crippen LogP contribution in [0.1, 0.15) is 69.4 Å². The number of imide groups is 1. The van der Waals surface area contributed by atoms with Crippen molar-refractivity contribution >= 4 is 100 Å². The van der Waals surface area contributed by atoms with E-state index in [2.05, 4.69) is 69.4 Å². The summed E-state index contributed by atoms with van der Waals surface area (Å²) in [5, 5.41) is 35.9. The van der Waals surface area contributed by atoms with Gasteiger partial charge in [0.15, 0.2) is 5.78 Å². The number of aliphatic hydroxyl groups excluding tert-OH is 2. The van der Waals surface area contributed by atoms with Gasteiger partial charge in [-0.15, -0.1) is 0 Å². The number of primary amides is 1. The summed E-state index contributed by atoms with van der Waals surface area (Å²) in [6.45, 7) is 6.27. The summed E-state index contributed by atoms with van der Waals surface area (Å²) in [6, 6.07) is 9.28. The number of aromatic nitrogens is 3. The van der Waals surface area contributed by atoms with Crippen LogP contribution in [0.3, 0.4) is 0 Å². The number of nitrogens with zero attached hydrogens (tertiary/aromatic N) is 4. The number of nitrogen functional groups attached to an aromatic ring is 1. The normalized spacial score (nSPS) is 17.9. The van der Waals surface area contributed by atoms with Gasteiger partial charge >= 0.3 is 6.03 Å². The average Bonchev–Trinajstić information content (AvgIpc) is 2.68. The third kappa shape index (κ3) is 18.2. The maximum atomic E-state index is 15.2. The number of amides is 6.